The van der Waals surface area contributed by atoms with E-state index >= 15 is 0 Å². The molecule has 1 aromatic rings. The lowest BCUT2D eigenvalue weighted by molar-refractivity contribution is -0.137. The van der Waals surface area contributed by atoms with Crippen LogP contribution in [0.3, 0.4) is 0 Å². The van der Waals surface area contributed by atoms with Crippen molar-refractivity contribution in [3.63, 3.8) is 0 Å². The first-order valence-electron chi connectivity index (χ1n) is 5.08. The summed E-state index contributed by atoms with van der Waals surface area (Å²) < 4.78 is 2.04. The van der Waals surface area contributed by atoms with Crippen LogP contribution in [0.2, 0.25) is 5.15 Å². The van der Waals surface area contributed by atoms with Crippen LogP contribution in [-0.4, -0.2) is 20.6 Å². The van der Waals surface area contributed by atoms with Gasteiger partial charge in [0, 0.05) is 13.0 Å². The molecule has 1 N–H and O–H groups in total. The van der Waals surface area contributed by atoms with Gasteiger partial charge in [0.05, 0.1) is 12.0 Å². The van der Waals surface area contributed by atoms with Gasteiger partial charge < -0.3 is 9.67 Å². The van der Waals surface area contributed by atoms with Gasteiger partial charge in [-0.25, -0.2) is 4.98 Å². The SMILES string of the molecule is O=C(O)CCC1CCc2c(Cl)ncn2C1. The van der Waals surface area contributed by atoms with Gasteiger partial charge in [-0.05, 0) is 25.2 Å². The number of carbonyl (C=O) groups is 1. The fourth-order valence-electron chi connectivity index (χ4n) is 2.06. The Hall–Kier alpha value is -1.03. The van der Waals surface area contributed by atoms with Crippen LogP contribution in [0.25, 0.3) is 0 Å². The molecule has 1 aliphatic heterocycles. The highest BCUT2D eigenvalue weighted by Gasteiger charge is 2.21. The summed E-state index contributed by atoms with van der Waals surface area (Å²) in [4.78, 5) is 14.5. The molecule has 2 rings (SSSR count). The Morgan fingerprint density at radius 3 is 3.27 bits per heavy atom. The molecule has 0 amide bonds. The van der Waals surface area contributed by atoms with Crippen LogP contribution in [0, 0.1) is 5.92 Å². The fraction of sp³-hybridized carbons (Fsp3) is 0.600. The second kappa shape index (κ2) is 4.23. The maximum Gasteiger partial charge on any atom is 0.303 e. The predicted molar refractivity (Wildman–Crippen MR) is 55.9 cm³/mol. The van der Waals surface area contributed by atoms with Crippen molar-refractivity contribution in [2.45, 2.75) is 32.2 Å². The normalized spacial score (nSPS) is 19.9. The molecule has 0 saturated carbocycles. The first-order valence-corrected chi connectivity index (χ1v) is 5.46. The van der Waals surface area contributed by atoms with Gasteiger partial charge in [-0.15, -0.1) is 0 Å². The van der Waals surface area contributed by atoms with Gasteiger partial charge in [0.1, 0.15) is 5.15 Å². The predicted octanol–water partition coefficient (Wildman–Crippen LogP) is 1.96. The van der Waals surface area contributed by atoms with Gasteiger partial charge in [-0.1, -0.05) is 11.6 Å². The Bertz CT molecular complexity index is 375. The summed E-state index contributed by atoms with van der Waals surface area (Å²) in [5.74, 6) is -0.275. The van der Waals surface area contributed by atoms with Gasteiger partial charge in [-0.2, -0.15) is 0 Å². The number of halogens is 1. The Labute approximate surface area is 92.9 Å². The van der Waals surface area contributed by atoms with Crippen molar-refractivity contribution in [1.82, 2.24) is 9.55 Å². The number of hydrogen-bond donors (Lipinski definition) is 1. The third-order valence-corrected chi connectivity index (χ3v) is 3.22. The van der Waals surface area contributed by atoms with Crippen LogP contribution in [0.5, 0.6) is 0 Å². The smallest absolute Gasteiger partial charge is 0.303 e. The average Bonchev–Trinajstić information content (AvgIpc) is 2.57. The summed E-state index contributed by atoms with van der Waals surface area (Å²) in [6.07, 6.45) is 4.65. The Balaban J connectivity index is 1.97. The topological polar surface area (TPSA) is 55.1 Å². The lowest BCUT2D eigenvalue weighted by Gasteiger charge is -2.23. The summed E-state index contributed by atoms with van der Waals surface area (Å²) in [5, 5.41) is 9.19. The average molecular weight is 229 g/mol. The minimum Gasteiger partial charge on any atom is -0.481 e. The van der Waals surface area contributed by atoms with Crippen molar-refractivity contribution in [1.29, 1.82) is 0 Å². The van der Waals surface area contributed by atoms with Gasteiger partial charge in [0.25, 0.3) is 0 Å². The van der Waals surface area contributed by atoms with Crippen molar-refractivity contribution in [3.05, 3.63) is 17.2 Å². The standard InChI is InChI=1S/C10H13ClN2O2/c11-10-8-3-1-7(2-4-9(14)15)5-13(8)6-12-10/h6-7H,1-5H2,(H,14,15). The van der Waals surface area contributed by atoms with Crippen LogP contribution < -0.4 is 0 Å². The summed E-state index contributed by atoms with van der Waals surface area (Å²) in [6.45, 7) is 0.850. The van der Waals surface area contributed by atoms with E-state index in [1.165, 1.54) is 0 Å². The maximum absolute atomic E-state index is 10.5. The molecule has 15 heavy (non-hydrogen) atoms. The zero-order chi connectivity index (χ0) is 10.8. The van der Waals surface area contributed by atoms with E-state index in [2.05, 4.69) is 4.98 Å². The summed E-state index contributed by atoms with van der Waals surface area (Å²) >= 11 is 5.91. The van der Waals surface area contributed by atoms with Crippen LogP contribution in [0.15, 0.2) is 6.33 Å². The number of hydrogen-bond acceptors (Lipinski definition) is 2. The van der Waals surface area contributed by atoms with Crippen molar-refractivity contribution in [2.75, 3.05) is 0 Å². The molecule has 4 nitrogen and oxygen atoms in total. The van der Waals surface area contributed by atoms with Crippen LogP contribution in [0.1, 0.15) is 25.0 Å². The maximum atomic E-state index is 10.5. The lowest BCUT2D eigenvalue weighted by atomic mass is 9.94. The van der Waals surface area contributed by atoms with E-state index in [9.17, 15) is 4.79 Å². The Morgan fingerprint density at radius 2 is 2.53 bits per heavy atom. The number of nitrogens with zero attached hydrogens (tertiary/aromatic N) is 2. The highest BCUT2D eigenvalue weighted by Crippen LogP contribution is 2.27. The molecule has 0 aliphatic carbocycles. The van der Waals surface area contributed by atoms with Gasteiger partial charge in [0.2, 0.25) is 0 Å². The molecule has 5 heteroatoms. The summed E-state index contributed by atoms with van der Waals surface area (Å²) in [5.41, 5.74) is 1.09. The molecular formula is C10H13ClN2O2. The third-order valence-electron chi connectivity index (χ3n) is 2.91. The summed E-state index contributed by atoms with van der Waals surface area (Å²) in [6, 6.07) is 0. The number of rotatable bonds is 3. The van der Waals surface area contributed by atoms with E-state index in [1.54, 1.807) is 6.33 Å². The quantitative estimate of drug-likeness (QED) is 0.861. The molecule has 0 radical (unpaired) electrons. The van der Waals surface area contributed by atoms with Gasteiger partial charge in [0.15, 0.2) is 0 Å². The lowest BCUT2D eigenvalue weighted by Crippen LogP contribution is -2.20. The van der Waals surface area contributed by atoms with Gasteiger partial charge >= 0.3 is 5.97 Å². The zero-order valence-corrected chi connectivity index (χ0v) is 9.07. The van der Waals surface area contributed by atoms with E-state index in [0.29, 0.717) is 11.1 Å². The number of carboxylic acid groups (broad SMARTS) is 1. The first-order chi connectivity index (χ1) is 7.16. The Morgan fingerprint density at radius 1 is 1.73 bits per heavy atom. The molecule has 0 spiro atoms. The molecule has 0 fully saturated rings. The van der Waals surface area contributed by atoms with E-state index in [1.807, 2.05) is 4.57 Å². The molecular weight excluding hydrogens is 216 g/mol. The number of fused-ring (bicyclic) bond motifs is 1. The van der Waals surface area contributed by atoms with Crippen molar-refractivity contribution in [3.8, 4) is 0 Å². The second-order valence-electron chi connectivity index (χ2n) is 3.97. The molecule has 0 saturated heterocycles. The monoisotopic (exact) mass is 228 g/mol. The molecule has 2 heterocycles. The van der Waals surface area contributed by atoms with Crippen LogP contribution in [-0.2, 0) is 17.8 Å². The zero-order valence-electron chi connectivity index (χ0n) is 8.32. The van der Waals surface area contributed by atoms with E-state index in [0.717, 1.165) is 31.5 Å². The third kappa shape index (κ3) is 2.31. The van der Waals surface area contributed by atoms with Crippen molar-refractivity contribution < 1.29 is 9.90 Å². The van der Waals surface area contributed by atoms with Crippen molar-refractivity contribution >= 4 is 17.6 Å². The number of aliphatic carboxylic acids is 1. The molecule has 1 atom stereocenters. The van der Waals surface area contributed by atoms with E-state index in [4.69, 9.17) is 16.7 Å². The number of imidazole rings is 1. The first kappa shape index (κ1) is 10.5. The van der Waals surface area contributed by atoms with Gasteiger partial charge in [-0.3, -0.25) is 4.79 Å². The van der Waals surface area contributed by atoms with Crippen molar-refractivity contribution in [2.24, 2.45) is 5.92 Å². The minimum atomic E-state index is -0.718. The highest BCUT2D eigenvalue weighted by molar-refractivity contribution is 6.30. The van der Waals surface area contributed by atoms with Crippen LogP contribution in [0.4, 0.5) is 0 Å². The number of aromatic nitrogens is 2. The highest BCUT2D eigenvalue weighted by atomic mass is 35.5. The molecule has 0 aromatic carbocycles. The molecule has 1 aliphatic rings. The molecule has 82 valence electrons. The molecule has 1 unspecified atom stereocenters. The molecule has 1 aromatic heterocycles. The number of carboxylic acids is 1. The van der Waals surface area contributed by atoms with Crippen LogP contribution >= 0.6 is 11.6 Å². The largest absolute Gasteiger partial charge is 0.481 e. The summed E-state index contributed by atoms with van der Waals surface area (Å²) in [7, 11) is 0. The molecule has 0 bridgehead atoms. The second-order valence-corrected chi connectivity index (χ2v) is 4.33. The van der Waals surface area contributed by atoms with E-state index < -0.39 is 5.97 Å². The Kier molecular flexibility index (Phi) is 2.95. The minimum absolute atomic E-state index is 0.252. The van der Waals surface area contributed by atoms with E-state index in [-0.39, 0.29) is 6.42 Å². The fourth-order valence-corrected chi connectivity index (χ4v) is 2.31.